The largest absolute Gasteiger partial charge is 0.507 e. The molecule has 2 aromatic carbocycles. The number of likely N-dealkylation sites (tertiary alicyclic amines) is 1. The van der Waals surface area contributed by atoms with Crippen LogP contribution in [0.15, 0.2) is 93.5 Å². The monoisotopic (exact) mass is 483 g/mol. The van der Waals surface area contributed by atoms with E-state index in [2.05, 4.69) is 6.07 Å². The minimum Gasteiger partial charge on any atom is -0.507 e. The quantitative estimate of drug-likeness (QED) is 0.206. The predicted molar refractivity (Wildman–Crippen MR) is 132 cm³/mol. The van der Waals surface area contributed by atoms with E-state index >= 15 is 0 Å². The summed E-state index contributed by atoms with van der Waals surface area (Å²) in [4.78, 5) is 27.4. The fourth-order valence-corrected chi connectivity index (χ4v) is 4.34. The fraction of sp³-hybridized carbons (Fsp3) is 0.172. The highest BCUT2D eigenvalue weighted by Crippen LogP contribution is 2.41. The summed E-state index contributed by atoms with van der Waals surface area (Å²) >= 11 is 0. The number of Topliss-reactive ketones (excluding diaryl/α,β-unsaturated/α-hetero) is 1. The molecule has 0 spiro atoms. The van der Waals surface area contributed by atoms with Gasteiger partial charge in [0.1, 0.15) is 41.4 Å². The summed E-state index contributed by atoms with van der Waals surface area (Å²) in [5.41, 5.74) is 2.56. The van der Waals surface area contributed by atoms with Gasteiger partial charge in [0.15, 0.2) is 0 Å². The molecule has 1 aliphatic rings. The molecule has 7 heteroatoms. The van der Waals surface area contributed by atoms with E-state index in [0.29, 0.717) is 35.2 Å². The smallest absolute Gasteiger partial charge is 0.296 e. The van der Waals surface area contributed by atoms with Gasteiger partial charge < -0.3 is 23.6 Å². The summed E-state index contributed by atoms with van der Waals surface area (Å²) in [6.45, 7) is 4.27. The summed E-state index contributed by atoms with van der Waals surface area (Å²) < 4.78 is 17.0. The second-order valence-electron chi connectivity index (χ2n) is 8.76. The molecule has 1 amide bonds. The van der Waals surface area contributed by atoms with Crippen LogP contribution in [0.1, 0.15) is 40.0 Å². The Morgan fingerprint density at radius 1 is 1.00 bits per heavy atom. The van der Waals surface area contributed by atoms with Crippen LogP contribution >= 0.6 is 0 Å². The third-order valence-electron chi connectivity index (χ3n) is 6.09. The number of nitrogens with zero attached hydrogens (tertiary/aromatic N) is 1. The van der Waals surface area contributed by atoms with Crippen molar-refractivity contribution >= 4 is 17.4 Å². The van der Waals surface area contributed by atoms with E-state index in [0.717, 1.165) is 11.1 Å². The number of carbonyl (C=O) groups is 2. The van der Waals surface area contributed by atoms with Crippen molar-refractivity contribution in [2.75, 3.05) is 0 Å². The number of aliphatic hydroxyl groups excluding tert-OH is 1. The highest BCUT2D eigenvalue weighted by atomic mass is 16.5. The van der Waals surface area contributed by atoms with Gasteiger partial charge in [-0.2, -0.15) is 0 Å². The number of aryl methyl sites for hydroxylation is 2. The van der Waals surface area contributed by atoms with Gasteiger partial charge in [0.25, 0.3) is 11.7 Å². The molecular formula is C29H25NO6. The van der Waals surface area contributed by atoms with Crippen LogP contribution in [-0.4, -0.2) is 21.7 Å². The maximum absolute atomic E-state index is 13.1. The van der Waals surface area contributed by atoms with Crippen LogP contribution in [-0.2, 0) is 22.7 Å². The SMILES string of the molecule is Cc1cccc(COc2ccc(/C(O)=C3\C(=O)C(=O)N(Cc4ccco4)[C@H]3c3ccc(C)o3)cc2)c1. The number of ketones is 1. The van der Waals surface area contributed by atoms with Crippen molar-refractivity contribution in [3.8, 4) is 5.75 Å². The Morgan fingerprint density at radius 3 is 2.47 bits per heavy atom. The summed E-state index contributed by atoms with van der Waals surface area (Å²) in [7, 11) is 0. The Balaban J connectivity index is 1.45. The van der Waals surface area contributed by atoms with Gasteiger partial charge in [-0.15, -0.1) is 0 Å². The summed E-state index contributed by atoms with van der Waals surface area (Å²) in [5.74, 6) is 0.356. The second-order valence-corrected chi connectivity index (χ2v) is 8.76. The Morgan fingerprint density at radius 2 is 1.81 bits per heavy atom. The number of carbonyl (C=O) groups excluding carboxylic acids is 2. The average Bonchev–Trinajstić information content (AvgIpc) is 3.60. The maximum Gasteiger partial charge on any atom is 0.296 e. The third-order valence-corrected chi connectivity index (χ3v) is 6.09. The number of ether oxygens (including phenoxy) is 1. The zero-order valence-corrected chi connectivity index (χ0v) is 19.9. The van der Waals surface area contributed by atoms with Crippen LogP contribution in [0.3, 0.4) is 0 Å². The molecule has 1 aliphatic heterocycles. The molecule has 1 atom stereocenters. The lowest BCUT2D eigenvalue weighted by Gasteiger charge is -2.22. The number of rotatable bonds is 7. The number of amides is 1. The Bertz CT molecular complexity index is 1430. The summed E-state index contributed by atoms with van der Waals surface area (Å²) in [6, 6.07) is 20.8. The highest BCUT2D eigenvalue weighted by Gasteiger charge is 2.47. The van der Waals surface area contributed by atoms with Crippen LogP contribution in [0.25, 0.3) is 5.76 Å². The molecule has 1 saturated heterocycles. The zero-order chi connectivity index (χ0) is 25.2. The first-order chi connectivity index (χ1) is 17.4. The molecular weight excluding hydrogens is 458 g/mol. The third kappa shape index (κ3) is 4.55. The number of aliphatic hydroxyl groups is 1. The van der Waals surface area contributed by atoms with E-state index in [4.69, 9.17) is 13.6 Å². The van der Waals surface area contributed by atoms with Gasteiger partial charge >= 0.3 is 0 Å². The Hall–Kier alpha value is -4.52. The van der Waals surface area contributed by atoms with E-state index < -0.39 is 17.7 Å². The maximum atomic E-state index is 13.1. The molecule has 3 heterocycles. The van der Waals surface area contributed by atoms with Crippen molar-refractivity contribution in [3.63, 3.8) is 0 Å². The van der Waals surface area contributed by atoms with Crippen molar-refractivity contribution in [1.29, 1.82) is 0 Å². The standard InChI is InChI=1S/C29H25NO6/c1-18-5-3-6-20(15-18)17-35-22-11-9-21(10-12-22)27(31)25-26(24-13-8-19(2)36-24)30(29(33)28(25)32)16-23-7-4-14-34-23/h3-15,26,31H,16-17H2,1-2H3/b27-25+/t26-/m0/s1. The van der Waals surface area contributed by atoms with E-state index in [-0.39, 0.29) is 17.9 Å². The van der Waals surface area contributed by atoms with Crippen LogP contribution < -0.4 is 4.74 Å². The van der Waals surface area contributed by atoms with Gasteiger partial charge in [-0.3, -0.25) is 9.59 Å². The Kier molecular flexibility index (Phi) is 6.21. The van der Waals surface area contributed by atoms with Crippen molar-refractivity contribution < 1.29 is 28.3 Å². The molecule has 7 nitrogen and oxygen atoms in total. The highest BCUT2D eigenvalue weighted by molar-refractivity contribution is 6.46. The van der Waals surface area contributed by atoms with Crippen LogP contribution in [0.4, 0.5) is 0 Å². The molecule has 1 N–H and O–H groups in total. The normalized spacial score (nSPS) is 17.1. The Labute approximate surface area is 208 Å². The molecule has 5 rings (SSSR count). The fourth-order valence-electron chi connectivity index (χ4n) is 4.34. The second kappa shape index (κ2) is 9.62. The molecule has 0 saturated carbocycles. The van der Waals surface area contributed by atoms with Gasteiger partial charge in [0.2, 0.25) is 0 Å². The van der Waals surface area contributed by atoms with E-state index in [1.807, 2.05) is 25.1 Å². The van der Waals surface area contributed by atoms with Crippen LogP contribution in [0, 0.1) is 13.8 Å². The van der Waals surface area contributed by atoms with Crippen LogP contribution in [0.2, 0.25) is 0 Å². The van der Waals surface area contributed by atoms with Gasteiger partial charge in [-0.05, 0) is 67.9 Å². The van der Waals surface area contributed by atoms with Crippen molar-refractivity contribution in [2.45, 2.75) is 33.0 Å². The summed E-state index contributed by atoms with van der Waals surface area (Å²) in [5, 5.41) is 11.2. The topological polar surface area (TPSA) is 93.1 Å². The molecule has 0 aliphatic carbocycles. The first-order valence-electron chi connectivity index (χ1n) is 11.6. The van der Waals surface area contributed by atoms with Gasteiger partial charge in [0.05, 0.1) is 18.4 Å². The lowest BCUT2D eigenvalue weighted by Crippen LogP contribution is -2.28. The molecule has 4 aromatic rings. The van der Waals surface area contributed by atoms with Crippen molar-refractivity contribution in [1.82, 2.24) is 4.90 Å². The summed E-state index contributed by atoms with van der Waals surface area (Å²) in [6.07, 6.45) is 1.50. The van der Waals surface area contributed by atoms with Gasteiger partial charge in [-0.25, -0.2) is 0 Å². The van der Waals surface area contributed by atoms with Crippen molar-refractivity contribution in [3.05, 3.63) is 119 Å². The number of hydrogen-bond donors (Lipinski definition) is 1. The van der Waals surface area contributed by atoms with E-state index in [1.165, 1.54) is 11.2 Å². The lowest BCUT2D eigenvalue weighted by atomic mass is 9.99. The minimum absolute atomic E-state index is 0.0330. The van der Waals surface area contributed by atoms with Crippen molar-refractivity contribution in [2.24, 2.45) is 0 Å². The van der Waals surface area contributed by atoms with Gasteiger partial charge in [-0.1, -0.05) is 29.8 Å². The molecule has 2 aromatic heterocycles. The predicted octanol–water partition coefficient (Wildman–Crippen LogP) is 5.69. The molecule has 0 bridgehead atoms. The first-order valence-corrected chi connectivity index (χ1v) is 11.6. The molecule has 182 valence electrons. The van der Waals surface area contributed by atoms with E-state index in [9.17, 15) is 14.7 Å². The first kappa shape index (κ1) is 23.2. The molecule has 1 fully saturated rings. The molecule has 36 heavy (non-hydrogen) atoms. The zero-order valence-electron chi connectivity index (χ0n) is 19.9. The number of furan rings is 2. The van der Waals surface area contributed by atoms with Gasteiger partial charge in [0, 0.05) is 5.56 Å². The minimum atomic E-state index is -0.888. The number of benzene rings is 2. The number of hydrogen-bond acceptors (Lipinski definition) is 6. The lowest BCUT2D eigenvalue weighted by molar-refractivity contribution is -0.140. The molecule has 0 radical (unpaired) electrons. The average molecular weight is 484 g/mol. The molecule has 0 unspecified atom stereocenters. The van der Waals surface area contributed by atoms with Crippen LogP contribution in [0.5, 0.6) is 5.75 Å². The van der Waals surface area contributed by atoms with E-state index in [1.54, 1.807) is 55.5 Å².